The zero-order valence-corrected chi connectivity index (χ0v) is 10.0. The van der Waals surface area contributed by atoms with Crippen molar-refractivity contribution in [1.82, 2.24) is 4.90 Å². The quantitative estimate of drug-likeness (QED) is 0.777. The Kier molecular flexibility index (Phi) is 14.6. The maximum Gasteiger partial charge on any atom is 0.0193 e. The van der Waals surface area contributed by atoms with Crippen molar-refractivity contribution in [3.8, 4) is 0 Å². The first kappa shape index (κ1) is 18.3. The highest BCUT2D eigenvalue weighted by atomic mass is 35.5. The Bertz CT molecular complexity index is 89.1. The molecule has 0 saturated carbocycles. The Labute approximate surface area is 88.7 Å². The van der Waals surface area contributed by atoms with Gasteiger partial charge in [0, 0.05) is 12.6 Å². The molecule has 0 heterocycles. The van der Waals surface area contributed by atoms with E-state index in [1.165, 1.54) is 6.42 Å². The van der Waals surface area contributed by atoms with Gasteiger partial charge in [-0.1, -0.05) is 20.3 Å². The Balaban J connectivity index is -0.000000405. The second-order valence-corrected chi connectivity index (χ2v) is 3.31. The summed E-state index contributed by atoms with van der Waals surface area (Å²) >= 11 is 0. The molecule has 78 valence electrons. The molecule has 0 radical (unpaired) electrons. The summed E-state index contributed by atoms with van der Waals surface area (Å²) in [5, 5.41) is 0. The molecule has 0 saturated heterocycles. The van der Waals surface area contributed by atoms with Crippen molar-refractivity contribution in [1.29, 1.82) is 0 Å². The SMILES string of the molecule is CC[C@H](C)[C@H](N)CN(C)C.Cl.Cl. The van der Waals surface area contributed by atoms with Gasteiger partial charge in [-0.3, -0.25) is 0 Å². The van der Waals surface area contributed by atoms with Crippen LogP contribution in [0, 0.1) is 5.92 Å². The highest BCUT2D eigenvalue weighted by Gasteiger charge is 2.10. The molecule has 0 aromatic rings. The van der Waals surface area contributed by atoms with E-state index in [-0.39, 0.29) is 24.8 Å². The minimum Gasteiger partial charge on any atom is -0.326 e. The van der Waals surface area contributed by atoms with Crippen LogP contribution in [0.4, 0.5) is 0 Å². The van der Waals surface area contributed by atoms with Crippen molar-refractivity contribution in [2.24, 2.45) is 11.7 Å². The van der Waals surface area contributed by atoms with Crippen molar-refractivity contribution in [2.75, 3.05) is 20.6 Å². The van der Waals surface area contributed by atoms with E-state index in [9.17, 15) is 0 Å². The van der Waals surface area contributed by atoms with Crippen LogP contribution < -0.4 is 5.73 Å². The molecule has 0 aliphatic rings. The van der Waals surface area contributed by atoms with Gasteiger partial charge in [0.15, 0.2) is 0 Å². The molecule has 0 bridgehead atoms. The standard InChI is InChI=1S/C8H20N2.2ClH/c1-5-7(2)8(9)6-10(3)4;;/h7-8H,5-6,9H2,1-4H3;2*1H/t7-,8+;;/m0../s1. The summed E-state index contributed by atoms with van der Waals surface area (Å²) < 4.78 is 0. The van der Waals surface area contributed by atoms with E-state index >= 15 is 0 Å². The molecular weight excluding hydrogens is 195 g/mol. The van der Waals surface area contributed by atoms with Crippen LogP contribution in [-0.4, -0.2) is 31.6 Å². The van der Waals surface area contributed by atoms with Crippen LogP contribution in [0.15, 0.2) is 0 Å². The molecule has 0 aliphatic carbocycles. The molecule has 2 N–H and O–H groups in total. The van der Waals surface area contributed by atoms with Gasteiger partial charge in [-0.15, -0.1) is 24.8 Å². The molecule has 0 aromatic carbocycles. The predicted molar refractivity (Wildman–Crippen MR) is 60.5 cm³/mol. The fourth-order valence-electron chi connectivity index (χ4n) is 0.904. The molecule has 0 rings (SSSR count). The predicted octanol–water partition coefficient (Wildman–Crippen LogP) is 1.77. The number of likely N-dealkylation sites (N-methyl/N-ethyl adjacent to an activating group) is 1. The van der Waals surface area contributed by atoms with Crippen LogP contribution in [0.5, 0.6) is 0 Å². The summed E-state index contributed by atoms with van der Waals surface area (Å²) in [5.74, 6) is 0.641. The lowest BCUT2D eigenvalue weighted by atomic mass is 10.00. The van der Waals surface area contributed by atoms with Crippen LogP contribution in [0.3, 0.4) is 0 Å². The van der Waals surface area contributed by atoms with Gasteiger partial charge in [0.1, 0.15) is 0 Å². The van der Waals surface area contributed by atoms with Crippen LogP contribution in [-0.2, 0) is 0 Å². The van der Waals surface area contributed by atoms with Crippen LogP contribution in [0.1, 0.15) is 20.3 Å². The number of halogens is 2. The van der Waals surface area contributed by atoms with Crippen LogP contribution in [0.25, 0.3) is 0 Å². The van der Waals surface area contributed by atoms with Gasteiger partial charge in [0.2, 0.25) is 0 Å². The van der Waals surface area contributed by atoms with Crippen molar-refractivity contribution in [3.63, 3.8) is 0 Å². The van der Waals surface area contributed by atoms with Gasteiger partial charge < -0.3 is 10.6 Å². The fraction of sp³-hybridized carbons (Fsp3) is 1.00. The summed E-state index contributed by atoms with van der Waals surface area (Å²) in [4.78, 5) is 2.14. The first-order valence-electron chi connectivity index (χ1n) is 3.98. The van der Waals surface area contributed by atoms with E-state index in [2.05, 4.69) is 32.8 Å². The molecule has 0 unspecified atom stereocenters. The fourth-order valence-corrected chi connectivity index (χ4v) is 0.904. The highest BCUT2D eigenvalue weighted by molar-refractivity contribution is 5.85. The van der Waals surface area contributed by atoms with Gasteiger partial charge in [-0.25, -0.2) is 0 Å². The van der Waals surface area contributed by atoms with E-state index in [0.717, 1.165) is 6.54 Å². The summed E-state index contributed by atoms with van der Waals surface area (Å²) in [6.07, 6.45) is 1.18. The third-order valence-electron chi connectivity index (χ3n) is 1.95. The van der Waals surface area contributed by atoms with Crippen LogP contribution >= 0.6 is 24.8 Å². The number of hydrogen-bond donors (Lipinski definition) is 1. The second kappa shape index (κ2) is 9.59. The normalized spacial score (nSPS) is 14.5. The Morgan fingerprint density at radius 3 is 1.92 bits per heavy atom. The van der Waals surface area contributed by atoms with Gasteiger partial charge >= 0.3 is 0 Å². The highest BCUT2D eigenvalue weighted by Crippen LogP contribution is 2.04. The third-order valence-corrected chi connectivity index (χ3v) is 1.95. The van der Waals surface area contributed by atoms with Gasteiger partial charge in [0.25, 0.3) is 0 Å². The molecule has 0 fully saturated rings. The van der Waals surface area contributed by atoms with E-state index < -0.39 is 0 Å². The lowest BCUT2D eigenvalue weighted by Crippen LogP contribution is -2.38. The number of nitrogens with zero attached hydrogens (tertiary/aromatic N) is 1. The van der Waals surface area contributed by atoms with E-state index in [0.29, 0.717) is 12.0 Å². The molecular formula is C8H22Cl2N2. The third kappa shape index (κ3) is 8.60. The Morgan fingerprint density at radius 1 is 1.25 bits per heavy atom. The van der Waals surface area contributed by atoms with Crippen molar-refractivity contribution < 1.29 is 0 Å². The number of nitrogens with two attached hydrogens (primary N) is 1. The lowest BCUT2D eigenvalue weighted by Gasteiger charge is -2.21. The number of rotatable bonds is 4. The minimum atomic E-state index is 0. The van der Waals surface area contributed by atoms with Gasteiger partial charge in [-0.2, -0.15) is 0 Å². The molecule has 12 heavy (non-hydrogen) atoms. The topological polar surface area (TPSA) is 29.3 Å². The van der Waals surface area contributed by atoms with Gasteiger partial charge in [-0.05, 0) is 20.0 Å². The Hall–Kier alpha value is 0.500. The maximum absolute atomic E-state index is 5.89. The van der Waals surface area contributed by atoms with E-state index in [1.807, 2.05) is 0 Å². The Morgan fingerprint density at radius 2 is 1.67 bits per heavy atom. The average molecular weight is 217 g/mol. The molecule has 2 atom stereocenters. The van der Waals surface area contributed by atoms with Crippen molar-refractivity contribution >= 4 is 24.8 Å². The monoisotopic (exact) mass is 216 g/mol. The summed E-state index contributed by atoms with van der Waals surface area (Å²) in [6, 6.07) is 0.333. The molecule has 2 nitrogen and oxygen atoms in total. The average Bonchev–Trinajstić information content (AvgIpc) is 1.85. The first-order valence-corrected chi connectivity index (χ1v) is 3.98. The van der Waals surface area contributed by atoms with Crippen molar-refractivity contribution in [3.05, 3.63) is 0 Å². The smallest absolute Gasteiger partial charge is 0.0193 e. The summed E-state index contributed by atoms with van der Waals surface area (Å²) in [6.45, 7) is 5.38. The zero-order valence-electron chi connectivity index (χ0n) is 8.41. The summed E-state index contributed by atoms with van der Waals surface area (Å²) in [5.41, 5.74) is 5.89. The van der Waals surface area contributed by atoms with Crippen LogP contribution in [0.2, 0.25) is 0 Å². The van der Waals surface area contributed by atoms with Crippen molar-refractivity contribution in [2.45, 2.75) is 26.3 Å². The molecule has 0 aromatic heterocycles. The molecule has 0 aliphatic heterocycles. The second-order valence-electron chi connectivity index (χ2n) is 3.31. The summed E-state index contributed by atoms with van der Waals surface area (Å²) in [7, 11) is 4.12. The molecule has 0 amide bonds. The zero-order chi connectivity index (χ0) is 8.15. The van der Waals surface area contributed by atoms with Gasteiger partial charge in [0.05, 0.1) is 0 Å². The van der Waals surface area contributed by atoms with E-state index in [1.54, 1.807) is 0 Å². The molecule has 4 heteroatoms. The number of hydrogen-bond acceptors (Lipinski definition) is 2. The first-order chi connectivity index (χ1) is 4.57. The lowest BCUT2D eigenvalue weighted by molar-refractivity contribution is 0.315. The maximum atomic E-state index is 5.89. The van der Waals surface area contributed by atoms with E-state index in [4.69, 9.17) is 5.73 Å². The largest absolute Gasteiger partial charge is 0.326 e. The minimum absolute atomic E-state index is 0. The molecule has 0 spiro atoms.